The van der Waals surface area contributed by atoms with Crippen molar-refractivity contribution in [2.24, 2.45) is 0 Å². The second-order valence-corrected chi connectivity index (χ2v) is 8.55. The lowest BCUT2D eigenvalue weighted by Gasteiger charge is -2.43. The van der Waals surface area contributed by atoms with Gasteiger partial charge >= 0.3 is 0 Å². The van der Waals surface area contributed by atoms with Crippen LogP contribution in [-0.2, 0) is 12.8 Å². The number of likely N-dealkylation sites (tertiary alicyclic amines) is 1. The lowest BCUT2D eigenvalue weighted by atomic mass is 9.88. The zero-order valence-electron chi connectivity index (χ0n) is 18.9. The van der Waals surface area contributed by atoms with Gasteiger partial charge in [0.25, 0.3) is 0 Å². The minimum Gasteiger partial charge on any atom is -0.497 e. The lowest BCUT2D eigenvalue weighted by molar-refractivity contribution is 0.00214. The Balaban J connectivity index is 1.62. The second-order valence-electron chi connectivity index (χ2n) is 8.55. The van der Waals surface area contributed by atoms with Crippen molar-refractivity contribution in [1.29, 1.82) is 0 Å². The maximum Gasteiger partial charge on any atom is 0.118 e. The first-order valence-corrected chi connectivity index (χ1v) is 11.4. The molecule has 2 aromatic rings. The van der Waals surface area contributed by atoms with Crippen LogP contribution in [0.4, 0.5) is 0 Å². The van der Waals surface area contributed by atoms with Gasteiger partial charge in [0, 0.05) is 18.6 Å². The highest BCUT2D eigenvalue weighted by Crippen LogP contribution is 2.29. The van der Waals surface area contributed by atoms with Crippen LogP contribution >= 0.6 is 0 Å². The number of benzene rings is 2. The molecule has 1 fully saturated rings. The Labute approximate surface area is 186 Å². The fourth-order valence-electron chi connectivity index (χ4n) is 4.69. The Hall–Kier alpha value is -2.08. The molecule has 5 nitrogen and oxygen atoms in total. The summed E-state index contributed by atoms with van der Waals surface area (Å²) in [6.45, 7) is 0.351. The highest BCUT2D eigenvalue weighted by molar-refractivity contribution is 5.28. The third-order valence-electron chi connectivity index (χ3n) is 6.50. The molecule has 3 atom stereocenters. The Kier molecular flexibility index (Phi) is 9.19. The van der Waals surface area contributed by atoms with Crippen LogP contribution in [0.25, 0.3) is 0 Å². The number of methoxy groups -OCH3 is 2. The summed E-state index contributed by atoms with van der Waals surface area (Å²) in [6.07, 6.45) is 6.95. The molecule has 1 saturated heterocycles. The number of hydrogen-bond acceptors (Lipinski definition) is 5. The number of aryl methyl sites for hydroxylation is 2. The van der Waals surface area contributed by atoms with Gasteiger partial charge in [-0.05, 0) is 73.9 Å². The number of piperidine rings is 1. The second kappa shape index (κ2) is 12.1. The fourth-order valence-corrected chi connectivity index (χ4v) is 4.69. The van der Waals surface area contributed by atoms with E-state index in [2.05, 4.69) is 29.2 Å². The summed E-state index contributed by atoms with van der Waals surface area (Å²) in [4.78, 5) is 2.47. The molecular weight excluding hydrogens is 390 g/mol. The molecule has 5 heteroatoms. The Morgan fingerprint density at radius 3 is 1.68 bits per heavy atom. The number of nitrogens with zero attached hydrogens (tertiary/aromatic N) is 1. The van der Waals surface area contributed by atoms with Crippen molar-refractivity contribution >= 4 is 0 Å². The van der Waals surface area contributed by atoms with Crippen molar-refractivity contribution in [2.75, 3.05) is 27.4 Å². The van der Waals surface area contributed by atoms with Gasteiger partial charge in [-0.25, -0.2) is 0 Å². The number of β-amino-alcohol motifs (C(OH)–C–C–N with tert-alkyl or cyclic N) is 1. The van der Waals surface area contributed by atoms with Crippen molar-refractivity contribution in [3.05, 3.63) is 59.7 Å². The standard InChI is InChI=1S/C26H37NO4/c1-30-25-14-8-20(9-15-25)6-12-22-4-3-5-23(27(22)18-24(29)19-28)13-7-21-10-16-26(31-2)17-11-21/h8-11,14-17,22-24,28-29H,3-7,12-13,18-19H2,1-2H3/t22-,23+,24?. The third kappa shape index (κ3) is 6.96. The molecule has 0 bridgehead atoms. The number of aliphatic hydroxyl groups is 2. The van der Waals surface area contributed by atoms with Crippen LogP contribution in [0.2, 0.25) is 0 Å². The molecule has 0 saturated carbocycles. The van der Waals surface area contributed by atoms with Crippen molar-refractivity contribution in [1.82, 2.24) is 4.90 Å². The van der Waals surface area contributed by atoms with E-state index in [0.29, 0.717) is 18.6 Å². The number of hydrogen-bond donors (Lipinski definition) is 2. The average molecular weight is 428 g/mol. The van der Waals surface area contributed by atoms with E-state index in [0.717, 1.165) is 50.0 Å². The first-order valence-electron chi connectivity index (χ1n) is 11.4. The summed E-state index contributed by atoms with van der Waals surface area (Å²) in [5.74, 6) is 1.76. The van der Waals surface area contributed by atoms with E-state index in [1.165, 1.54) is 17.5 Å². The lowest BCUT2D eigenvalue weighted by Crippen LogP contribution is -2.50. The highest BCUT2D eigenvalue weighted by atomic mass is 16.5. The molecule has 1 heterocycles. The zero-order chi connectivity index (χ0) is 22.1. The van der Waals surface area contributed by atoms with Gasteiger partial charge in [-0.1, -0.05) is 30.7 Å². The minimum atomic E-state index is -0.690. The van der Waals surface area contributed by atoms with Gasteiger partial charge in [-0.3, -0.25) is 4.90 Å². The molecule has 1 aliphatic rings. The quantitative estimate of drug-likeness (QED) is 0.570. The van der Waals surface area contributed by atoms with Gasteiger partial charge in [-0.15, -0.1) is 0 Å². The van der Waals surface area contributed by atoms with Crippen LogP contribution in [-0.4, -0.2) is 60.7 Å². The molecule has 2 aromatic carbocycles. The predicted molar refractivity (Wildman–Crippen MR) is 124 cm³/mol. The Bertz CT molecular complexity index is 702. The molecule has 3 rings (SSSR count). The maximum atomic E-state index is 10.2. The van der Waals surface area contributed by atoms with E-state index >= 15 is 0 Å². The summed E-state index contributed by atoms with van der Waals surface area (Å²) < 4.78 is 10.5. The SMILES string of the molecule is COc1ccc(CC[C@H]2CCC[C@@H](CCc3ccc(OC)cc3)N2CC(O)CO)cc1. The molecule has 170 valence electrons. The molecule has 0 radical (unpaired) electrons. The van der Waals surface area contributed by atoms with E-state index in [1.54, 1.807) is 14.2 Å². The van der Waals surface area contributed by atoms with Gasteiger partial charge in [-0.2, -0.15) is 0 Å². The molecule has 1 aliphatic heterocycles. The molecule has 2 N–H and O–H groups in total. The normalized spacial score (nSPS) is 20.4. The summed E-state index contributed by atoms with van der Waals surface area (Å²) in [5.41, 5.74) is 2.62. The molecule has 1 unspecified atom stereocenters. The monoisotopic (exact) mass is 427 g/mol. The topological polar surface area (TPSA) is 62.2 Å². The van der Waals surface area contributed by atoms with E-state index in [1.807, 2.05) is 24.3 Å². The Morgan fingerprint density at radius 2 is 1.29 bits per heavy atom. The molecule has 0 amide bonds. The number of rotatable bonds is 11. The van der Waals surface area contributed by atoms with Crippen LogP contribution in [0.5, 0.6) is 11.5 Å². The summed E-state index contributed by atoms with van der Waals surface area (Å²) in [7, 11) is 3.38. The molecule has 31 heavy (non-hydrogen) atoms. The largest absolute Gasteiger partial charge is 0.497 e. The molecule has 0 aromatic heterocycles. The predicted octanol–water partition coefficient (Wildman–Crippen LogP) is 3.85. The first-order chi connectivity index (χ1) is 15.1. The highest BCUT2D eigenvalue weighted by Gasteiger charge is 2.31. The van der Waals surface area contributed by atoms with E-state index in [9.17, 15) is 10.2 Å². The van der Waals surface area contributed by atoms with Crippen molar-refractivity contribution < 1.29 is 19.7 Å². The third-order valence-corrected chi connectivity index (χ3v) is 6.50. The van der Waals surface area contributed by atoms with Crippen LogP contribution in [0, 0.1) is 0 Å². The van der Waals surface area contributed by atoms with Crippen molar-refractivity contribution in [3.63, 3.8) is 0 Å². The van der Waals surface area contributed by atoms with E-state index in [-0.39, 0.29) is 6.61 Å². The van der Waals surface area contributed by atoms with Crippen LogP contribution < -0.4 is 9.47 Å². The molecule has 0 spiro atoms. The summed E-state index contributed by atoms with van der Waals surface area (Å²) in [6, 6.07) is 17.5. The van der Waals surface area contributed by atoms with Crippen molar-refractivity contribution in [2.45, 2.75) is 63.1 Å². The minimum absolute atomic E-state index is 0.188. The Morgan fingerprint density at radius 1 is 0.839 bits per heavy atom. The van der Waals surface area contributed by atoms with Crippen LogP contribution in [0.15, 0.2) is 48.5 Å². The number of aliphatic hydroxyl groups excluding tert-OH is 2. The van der Waals surface area contributed by atoms with Gasteiger partial charge in [0.05, 0.1) is 26.9 Å². The van der Waals surface area contributed by atoms with Crippen LogP contribution in [0.1, 0.15) is 43.2 Å². The van der Waals surface area contributed by atoms with E-state index in [4.69, 9.17) is 9.47 Å². The smallest absolute Gasteiger partial charge is 0.118 e. The average Bonchev–Trinajstić information content (AvgIpc) is 2.82. The first kappa shape index (κ1) is 23.6. The van der Waals surface area contributed by atoms with E-state index < -0.39 is 6.10 Å². The summed E-state index contributed by atoms with van der Waals surface area (Å²) >= 11 is 0. The summed E-state index contributed by atoms with van der Waals surface area (Å²) in [5, 5.41) is 19.7. The van der Waals surface area contributed by atoms with Gasteiger partial charge < -0.3 is 19.7 Å². The zero-order valence-corrected chi connectivity index (χ0v) is 18.9. The van der Waals surface area contributed by atoms with Gasteiger partial charge in [0.15, 0.2) is 0 Å². The van der Waals surface area contributed by atoms with Gasteiger partial charge in [0.2, 0.25) is 0 Å². The molecule has 0 aliphatic carbocycles. The fraction of sp³-hybridized carbons (Fsp3) is 0.538. The van der Waals surface area contributed by atoms with Crippen molar-refractivity contribution in [3.8, 4) is 11.5 Å². The maximum absolute atomic E-state index is 10.2. The van der Waals surface area contributed by atoms with Crippen LogP contribution in [0.3, 0.4) is 0 Å². The van der Waals surface area contributed by atoms with Gasteiger partial charge in [0.1, 0.15) is 11.5 Å². The molecular formula is C26H37NO4. The number of ether oxygens (including phenoxy) is 2.